The summed E-state index contributed by atoms with van der Waals surface area (Å²) in [5.74, 6) is 0.287. The number of anilines is 1. The van der Waals surface area contributed by atoms with Crippen molar-refractivity contribution in [3.8, 4) is 11.3 Å². The van der Waals surface area contributed by atoms with E-state index < -0.39 is 11.7 Å². The molecule has 8 nitrogen and oxygen atoms in total. The smallest absolute Gasteiger partial charge is 0.277 e. The molecule has 0 aliphatic rings. The highest BCUT2D eigenvalue weighted by molar-refractivity contribution is 6.31. The molecule has 0 bridgehead atoms. The molecule has 0 saturated heterocycles. The summed E-state index contributed by atoms with van der Waals surface area (Å²) in [5.41, 5.74) is 6.08. The Morgan fingerprint density at radius 2 is 2.04 bits per heavy atom. The zero-order valence-corrected chi connectivity index (χ0v) is 15.4. The molecular weight excluding hydrogens is 400 g/mol. The number of carbonyl (C=O) groups excluding carboxylic acids is 1. The van der Waals surface area contributed by atoms with Crippen LogP contribution in [0.3, 0.4) is 0 Å². The minimum Gasteiger partial charge on any atom is -0.460 e. The van der Waals surface area contributed by atoms with Crippen LogP contribution in [0.5, 0.6) is 0 Å². The lowest BCUT2D eigenvalue weighted by atomic mass is 10.2. The third-order valence-electron chi connectivity index (χ3n) is 3.48. The predicted octanol–water partition coefficient (Wildman–Crippen LogP) is 2.65. The van der Waals surface area contributed by atoms with Gasteiger partial charge in [-0.15, -0.1) is 12.4 Å². The van der Waals surface area contributed by atoms with E-state index in [0.717, 1.165) is 0 Å². The number of aromatic nitrogens is 2. The quantitative estimate of drug-likeness (QED) is 0.507. The number of nitrogen functional groups attached to an aromatic ring is 1. The second-order valence-electron chi connectivity index (χ2n) is 5.33. The van der Waals surface area contributed by atoms with E-state index in [9.17, 15) is 9.18 Å². The SMILES string of the molecule is Cl.Nc1nonc1C(=O)NCCNCc1ccc(-c2ccc(F)c(Cl)c2)o1. The number of rotatable bonds is 7. The number of carbonyl (C=O) groups is 1. The van der Waals surface area contributed by atoms with Gasteiger partial charge < -0.3 is 20.8 Å². The Morgan fingerprint density at radius 1 is 1.22 bits per heavy atom. The van der Waals surface area contributed by atoms with Crippen LogP contribution in [0.15, 0.2) is 39.4 Å². The summed E-state index contributed by atoms with van der Waals surface area (Å²) in [6.45, 7) is 1.31. The topological polar surface area (TPSA) is 119 Å². The van der Waals surface area contributed by atoms with Gasteiger partial charge in [0.1, 0.15) is 17.3 Å². The maximum atomic E-state index is 13.2. The summed E-state index contributed by atoms with van der Waals surface area (Å²) in [6.07, 6.45) is 0. The molecule has 0 unspecified atom stereocenters. The number of benzene rings is 1. The molecule has 0 radical (unpaired) electrons. The second-order valence-corrected chi connectivity index (χ2v) is 5.73. The summed E-state index contributed by atoms with van der Waals surface area (Å²) in [7, 11) is 0. The summed E-state index contributed by atoms with van der Waals surface area (Å²) in [6, 6.07) is 7.98. The first-order valence-electron chi connectivity index (χ1n) is 7.65. The van der Waals surface area contributed by atoms with E-state index in [1.54, 1.807) is 18.2 Å². The zero-order valence-electron chi connectivity index (χ0n) is 13.9. The molecule has 0 spiro atoms. The van der Waals surface area contributed by atoms with Crippen molar-refractivity contribution in [3.63, 3.8) is 0 Å². The Hall–Kier alpha value is -2.62. The zero-order chi connectivity index (χ0) is 18.5. The minimum absolute atomic E-state index is 0. The standard InChI is InChI=1S/C16H15ClFN5O3.ClH/c17-11-7-9(1-3-12(11)18)13-4-2-10(25-13)8-20-5-6-21-16(24)14-15(19)23-26-22-14;/h1-4,7,20H,5-6,8H2,(H2,19,23)(H,21,24);1H. The number of furan rings is 1. The largest absolute Gasteiger partial charge is 0.460 e. The van der Waals surface area contributed by atoms with Gasteiger partial charge >= 0.3 is 0 Å². The molecule has 27 heavy (non-hydrogen) atoms. The molecule has 2 heterocycles. The minimum atomic E-state index is -0.478. The van der Waals surface area contributed by atoms with Crippen LogP contribution in [-0.2, 0) is 6.54 Å². The van der Waals surface area contributed by atoms with Crippen molar-refractivity contribution in [2.75, 3.05) is 18.8 Å². The molecule has 3 aromatic rings. The van der Waals surface area contributed by atoms with Gasteiger partial charge in [0.25, 0.3) is 5.91 Å². The van der Waals surface area contributed by atoms with Gasteiger partial charge in [0, 0.05) is 18.7 Å². The predicted molar refractivity (Wildman–Crippen MR) is 99.1 cm³/mol. The van der Waals surface area contributed by atoms with Crippen molar-refractivity contribution in [3.05, 3.63) is 52.6 Å². The maximum absolute atomic E-state index is 13.2. The Bertz CT molecular complexity index is 915. The van der Waals surface area contributed by atoms with Crippen LogP contribution in [0.1, 0.15) is 16.2 Å². The number of nitrogens with one attached hydrogen (secondary N) is 2. The van der Waals surface area contributed by atoms with E-state index >= 15 is 0 Å². The van der Waals surface area contributed by atoms with E-state index in [1.165, 1.54) is 12.1 Å². The van der Waals surface area contributed by atoms with Crippen molar-refractivity contribution < 1.29 is 18.2 Å². The summed E-state index contributed by atoms with van der Waals surface area (Å²) < 4.78 is 23.3. The highest BCUT2D eigenvalue weighted by Crippen LogP contribution is 2.26. The van der Waals surface area contributed by atoms with Gasteiger partial charge in [0.2, 0.25) is 11.5 Å². The Balaban J connectivity index is 0.00000261. The van der Waals surface area contributed by atoms with E-state index in [-0.39, 0.29) is 28.9 Å². The first kappa shape index (κ1) is 20.7. The van der Waals surface area contributed by atoms with Crippen LogP contribution in [-0.4, -0.2) is 29.3 Å². The van der Waals surface area contributed by atoms with Gasteiger partial charge in [-0.25, -0.2) is 9.02 Å². The molecule has 0 aliphatic heterocycles. The number of nitrogens with two attached hydrogens (primary N) is 1. The molecule has 2 aromatic heterocycles. The van der Waals surface area contributed by atoms with Crippen LogP contribution in [0.2, 0.25) is 5.02 Å². The third-order valence-corrected chi connectivity index (χ3v) is 3.77. The summed E-state index contributed by atoms with van der Waals surface area (Å²) in [4.78, 5) is 11.7. The molecule has 0 aliphatic carbocycles. The summed E-state index contributed by atoms with van der Waals surface area (Å²) in [5, 5.41) is 12.5. The number of hydrogen-bond acceptors (Lipinski definition) is 7. The molecule has 3 rings (SSSR count). The van der Waals surface area contributed by atoms with Gasteiger partial charge in [-0.05, 0) is 40.6 Å². The monoisotopic (exact) mass is 415 g/mol. The van der Waals surface area contributed by atoms with Crippen LogP contribution in [0, 0.1) is 5.82 Å². The number of hydrogen-bond donors (Lipinski definition) is 3. The average molecular weight is 416 g/mol. The highest BCUT2D eigenvalue weighted by atomic mass is 35.5. The summed E-state index contributed by atoms with van der Waals surface area (Å²) >= 11 is 5.78. The normalized spacial score (nSPS) is 10.4. The van der Waals surface area contributed by atoms with Gasteiger partial charge in [0.05, 0.1) is 11.6 Å². The van der Waals surface area contributed by atoms with Crippen molar-refractivity contribution in [2.24, 2.45) is 0 Å². The van der Waals surface area contributed by atoms with Crippen molar-refractivity contribution in [1.29, 1.82) is 0 Å². The molecule has 144 valence electrons. The fourth-order valence-corrected chi connectivity index (χ4v) is 2.37. The fourth-order valence-electron chi connectivity index (χ4n) is 2.19. The lowest BCUT2D eigenvalue weighted by Gasteiger charge is -2.04. The molecular formula is C16H16Cl2FN5O3. The number of nitrogens with zero attached hydrogens (tertiary/aromatic N) is 2. The Morgan fingerprint density at radius 3 is 2.74 bits per heavy atom. The molecule has 1 aromatic carbocycles. The van der Waals surface area contributed by atoms with Crippen molar-refractivity contribution >= 4 is 35.7 Å². The number of amides is 1. The van der Waals surface area contributed by atoms with Crippen LogP contribution < -0.4 is 16.4 Å². The highest BCUT2D eigenvalue weighted by Gasteiger charge is 2.15. The van der Waals surface area contributed by atoms with E-state index in [1.807, 2.05) is 0 Å². The van der Waals surface area contributed by atoms with Crippen LogP contribution >= 0.6 is 24.0 Å². The van der Waals surface area contributed by atoms with Gasteiger partial charge in [-0.3, -0.25) is 4.79 Å². The van der Waals surface area contributed by atoms with Crippen LogP contribution in [0.4, 0.5) is 10.2 Å². The maximum Gasteiger partial charge on any atom is 0.277 e. The first-order valence-corrected chi connectivity index (χ1v) is 8.03. The molecule has 0 fully saturated rings. The lowest BCUT2D eigenvalue weighted by Crippen LogP contribution is -2.32. The Kier molecular flexibility index (Phi) is 7.17. The lowest BCUT2D eigenvalue weighted by molar-refractivity contribution is 0.0944. The van der Waals surface area contributed by atoms with Gasteiger partial charge in [0.15, 0.2) is 0 Å². The molecule has 11 heteroatoms. The Labute approximate surface area is 164 Å². The van der Waals surface area contributed by atoms with Crippen molar-refractivity contribution in [2.45, 2.75) is 6.54 Å². The van der Waals surface area contributed by atoms with E-state index in [4.69, 9.17) is 21.8 Å². The van der Waals surface area contributed by atoms with E-state index in [0.29, 0.717) is 36.7 Å². The van der Waals surface area contributed by atoms with Gasteiger partial charge in [-0.1, -0.05) is 11.6 Å². The van der Waals surface area contributed by atoms with Crippen LogP contribution in [0.25, 0.3) is 11.3 Å². The molecule has 0 saturated carbocycles. The molecule has 1 amide bonds. The first-order chi connectivity index (χ1) is 12.5. The van der Waals surface area contributed by atoms with E-state index in [2.05, 4.69) is 25.6 Å². The fraction of sp³-hybridized carbons (Fsp3) is 0.188. The van der Waals surface area contributed by atoms with Crippen molar-refractivity contribution in [1.82, 2.24) is 20.9 Å². The molecule has 4 N–H and O–H groups in total. The van der Waals surface area contributed by atoms with Gasteiger partial charge in [-0.2, -0.15) is 0 Å². The molecule has 0 atom stereocenters. The average Bonchev–Trinajstić information content (AvgIpc) is 3.26. The number of halogens is 3. The third kappa shape index (κ3) is 5.19. The second kappa shape index (κ2) is 9.36.